The summed E-state index contributed by atoms with van der Waals surface area (Å²) in [6.07, 6.45) is 1.29. The highest BCUT2D eigenvalue weighted by Crippen LogP contribution is 2.33. The Kier molecular flexibility index (Phi) is 3.99. The van der Waals surface area contributed by atoms with Crippen molar-refractivity contribution in [2.45, 2.75) is 31.8 Å². The molecule has 1 unspecified atom stereocenters. The van der Waals surface area contributed by atoms with E-state index in [1.165, 1.54) is 0 Å². The van der Waals surface area contributed by atoms with Gasteiger partial charge in [-0.2, -0.15) is 0 Å². The van der Waals surface area contributed by atoms with Crippen molar-refractivity contribution < 1.29 is 9.90 Å². The van der Waals surface area contributed by atoms with Gasteiger partial charge in [-0.1, -0.05) is 25.1 Å². The highest BCUT2D eigenvalue weighted by Gasteiger charge is 2.29. The van der Waals surface area contributed by atoms with Gasteiger partial charge in [0.2, 0.25) is 5.91 Å². The molecule has 1 aromatic rings. The van der Waals surface area contributed by atoms with Gasteiger partial charge in [-0.15, -0.1) is 0 Å². The first kappa shape index (κ1) is 13.1. The number of nitrogens with zero attached hydrogens (tertiary/aromatic N) is 1. The third-order valence-electron chi connectivity index (χ3n) is 3.58. The molecule has 0 saturated carbocycles. The molecular weight excluding hydrogens is 228 g/mol. The number of carbonyl (C=O) groups is 1. The van der Waals surface area contributed by atoms with Gasteiger partial charge in [0, 0.05) is 31.2 Å². The zero-order valence-electron chi connectivity index (χ0n) is 10.9. The van der Waals surface area contributed by atoms with E-state index < -0.39 is 0 Å². The van der Waals surface area contributed by atoms with E-state index in [0.29, 0.717) is 6.42 Å². The first-order valence-electron chi connectivity index (χ1n) is 6.39. The van der Waals surface area contributed by atoms with Crippen molar-refractivity contribution in [3.05, 3.63) is 29.8 Å². The van der Waals surface area contributed by atoms with Crippen LogP contribution in [0.5, 0.6) is 0 Å². The average Bonchev–Trinajstić information content (AvgIpc) is 2.41. The molecule has 2 rings (SSSR count). The molecule has 18 heavy (non-hydrogen) atoms. The second-order valence-corrected chi connectivity index (χ2v) is 4.72. The largest absolute Gasteiger partial charge is 0.395 e. The molecule has 0 radical (unpaired) electrons. The summed E-state index contributed by atoms with van der Waals surface area (Å²) in [6, 6.07) is 7.97. The number of carbonyl (C=O) groups excluding carboxylic acids is 1. The molecule has 4 heteroatoms. The van der Waals surface area contributed by atoms with Crippen LogP contribution in [0.4, 0.5) is 5.69 Å². The molecule has 4 nitrogen and oxygen atoms in total. The van der Waals surface area contributed by atoms with Gasteiger partial charge in [0.25, 0.3) is 0 Å². The number of rotatable bonds is 4. The minimum absolute atomic E-state index is 0.00185. The zero-order valence-corrected chi connectivity index (χ0v) is 10.9. The molecular formula is C14H20N2O2. The number of hydrogen-bond donors (Lipinski definition) is 2. The first-order valence-corrected chi connectivity index (χ1v) is 6.39. The predicted molar refractivity (Wildman–Crippen MR) is 71.5 cm³/mol. The van der Waals surface area contributed by atoms with E-state index in [-0.39, 0.29) is 24.6 Å². The van der Waals surface area contributed by atoms with Gasteiger partial charge in [0.15, 0.2) is 0 Å². The van der Waals surface area contributed by atoms with Crippen LogP contribution in [0.15, 0.2) is 24.3 Å². The first-order chi connectivity index (χ1) is 8.67. The van der Waals surface area contributed by atoms with Gasteiger partial charge >= 0.3 is 0 Å². The van der Waals surface area contributed by atoms with Crippen LogP contribution >= 0.6 is 0 Å². The summed E-state index contributed by atoms with van der Waals surface area (Å²) in [5.74, 6) is 0.110. The predicted octanol–water partition coefficient (Wildman–Crippen LogP) is 1.45. The smallest absolute Gasteiger partial charge is 0.228 e. The van der Waals surface area contributed by atoms with Crippen LogP contribution in [-0.2, 0) is 4.79 Å². The standard InChI is InChI=1S/C14H20N2O2/c1-3-10(9-17)15-12-8-14(18)16(2)13-7-5-4-6-11(12)13/h4-7,10,12,15,17H,3,8-9H2,1-2H3/t10-,12?/m0/s1. The zero-order chi connectivity index (χ0) is 13.1. The van der Waals surface area contributed by atoms with Gasteiger partial charge in [-0.05, 0) is 18.1 Å². The van der Waals surface area contributed by atoms with Gasteiger partial charge in [-0.25, -0.2) is 0 Å². The summed E-state index contributed by atoms with van der Waals surface area (Å²) in [7, 11) is 1.81. The quantitative estimate of drug-likeness (QED) is 0.848. The fraction of sp³-hybridized carbons (Fsp3) is 0.500. The molecule has 1 heterocycles. The van der Waals surface area contributed by atoms with Crippen molar-refractivity contribution in [2.24, 2.45) is 0 Å². The Hall–Kier alpha value is -1.39. The number of aliphatic hydroxyl groups excluding tert-OH is 1. The molecule has 1 aliphatic heterocycles. The van der Waals surface area contributed by atoms with Crippen LogP contribution in [0.3, 0.4) is 0 Å². The van der Waals surface area contributed by atoms with E-state index in [2.05, 4.69) is 5.32 Å². The fourth-order valence-electron chi connectivity index (χ4n) is 2.38. The summed E-state index contributed by atoms with van der Waals surface area (Å²) in [5, 5.41) is 12.6. The normalized spacial score (nSPS) is 20.7. The molecule has 0 saturated heterocycles. The van der Waals surface area contributed by atoms with Crippen LogP contribution in [0.1, 0.15) is 31.4 Å². The summed E-state index contributed by atoms with van der Waals surface area (Å²) >= 11 is 0. The van der Waals surface area contributed by atoms with E-state index in [4.69, 9.17) is 0 Å². The summed E-state index contributed by atoms with van der Waals surface area (Å²) in [6.45, 7) is 2.12. The highest BCUT2D eigenvalue weighted by molar-refractivity contribution is 5.96. The van der Waals surface area contributed by atoms with Crippen molar-refractivity contribution in [2.75, 3.05) is 18.6 Å². The maximum atomic E-state index is 11.9. The highest BCUT2D eigenvalue weighted by atomic mass is 16.3. The maximum Gasteiger partial charge on any atom is 0.228 e. The molecule has 2 atom stereocenters. The lowest BCUT2D eigenvalue weighted by Crippen LogP contribution is -2.42. The second kappa shape index (κ2) is 5.50. The van der Waals surface area contributed by atoms with Crippen molar-refractivity contribution in [1.29, 1.82) is 0 Å². The fourth-order valence-corrected chi connectivity index (χ4v) is 2.38. The molecule has 0 aliphatic carbocycles. The number of aliphatic hydroxyl groups is 1. The number of anilines is 1. The number of fused-ring (bicyclic) bond motifs is 1. The molecule has 0 spiro atoms. The third kappa shape index (κ3) is 2.40. The molecule has 1 aromatic carbocycles. The molecule has 1 amide bonds. The number of hydrogen-bond acceptors (Lipinski definition) is 3. The Morgan fingerprint density at radius 1 is 1.50 bits per heavy atom. The number of para-hydroxylation sites is 1. The average molecular weight is 248 g/mol. The molecule has 98 valence electrons. The van der Waals surface area contributed by atoms with Gasteiger partial charge in [0.05, 0.1) is 6.61 Å². The summed E-state index contributed by atoms with van der Waals surface area (Å²) < 4.78 is 0. The van der Waals surface area contributed by atoms with Crippen molar-refractivity contribution >= 4 is 11.6 Å². The van der Waals surface area contributed by atoms with E-state index in [1.807, 2.05) is 31.2 Å². The summed E-state index contributed by atoms with van der Waals surface area (Å²) in [5.41, 5.74) is 2.09. The van der Waals surface area contributed by atoms with E-state index in [1.54, 1.807) is 11.9 Å². The Bertz CT molecular complexity index is 430. The number of benzene rings is 1. The number of amides is 1. The third-order valence-corrected chi connectivity index (χ3v) is 3.58. The van der Waals surface area contributed by atoms with Crippen molar-refractivity contribution in [1.82, 2.24) is 5.32 Å². The molecule has 0 bridgehead atoms. The monoisotopic (exact) mass is 248 g/mol. The van der Waals surface area contributed by atoms with Crippen LogP contribution in [0, 0.1) is 0 Å². The summed E-state index contributed by atoms with van der Waals surface area (Å²) in [4.78, 5) is 13.7. The van der Waals surface area contributed by atoms with E-state index in [0.717, 1.165) is 17.7 Å². The van der Waals surface area contributed by atoms with Gasteiger partial charge in [-0.3, -0.25) is 4.79 Å². The molecule has 2 N–H and O–H groups in total. The van der Waals surface area contributed by atoms with Crippen molar-refractivity contribution in [3.63, 3.8) is 0 Å². The van der Waals surface area contributed by atoms with Crippen LogP contribution < -0.4 is 10.2 Å². The van der Waals surface area contributed by atoms with E-state index in [9.17, 15) is 9.90 Å². The maximum absolute atomic E-state index is 11.9. The number of nitrogens with one attached hydrogen (secondary N) is 1. The topological polar surface area (TPSA) is 52.6 Å². The minimum atomic E-state index is 0.00185. The lowest BCUT2D eigenvalue weighted by atomic mass is 9.95. The lowest BCUT2D eigenvalue weighted by Gasteiger charge is -2.33. The SMILES string of the molecule is CC[C@@H](CO)NC1CC(=O)N(C)c2ccccc21. The molecule has 1 aliphatic rings. The van der Waals surface area contributed by atoms with Gasteiger partial charge < -0.3 is 15.3 Å². The van der Waals surface area contributed by atoms with Crippen molar-refractivity contribution in [3.8, 4) is 0 Å². The second-order valence-electron chi connectivity index (χ2n) is 4.72. The van der Waals surface area contributed by atoms with Crippen LogP contribution in [0.25, 0.3) is 0 Å². The Morgan fingerprint density at radius 2 is 2.22 bits per heavy atom. The minimum Gasteiger partial charge on any atom is -0.395 e. The molecule has 0 aromatic heterocycles. The van der Waals surface area contributed by atoms with Gasteiger partial charge in [0.1, 0.15) is 0 Å². The van der Waals surface area contributed by atoms with Crippen LogP contribution in [0.2, 0.25) is 0 Å². The Morgan fingerprint density at radius 3 is 2.89 bits per heavy atom. The van der Waals surface area contributed by atoms with Crippen LogP contribution in [-0.4, -0.2) is 30.7 Å². The lowest BCUT2D eigenvalue weighted by molar-refractivity contribution is -0.119. The molecule has 0 fully saturated rings. The van der Waals surface area contributed by atoms with E-state index >= 15 is 0 Å². The Labute approximate surface area is 108 Å². The Balaban J connectivity index is 2.27.